The van der Waals surface area contributed by atoms with E-state index in [0.29, 0.717) is 11.7 Å². The molecule has 0 saturated carbocycles. The lowest BCUT2D eigenvalue weighted by molar-refractivity contribution is 0.0703. The first-order valence-electron chi connectivity index (χ1n) is 7.28. The number of nitrogens with zero attached hydrogens (tertiary/aromatic N) is 2. The summed E-state index contributed by atoms with van der Waals surface area (Å²) in [6, 6.07) is 10.3. The normalized spacial score (nSPS) is 18.8. The highest BCUT2D eigenvalue weighted by atomic mass is 16.2. The zero-order valence-corrected chi connectivity index (χ0v) is 12.4. The van der Waals surface area contributed by atoms with Gasteiger partial charge in [0, 0.05) is 31.2 Å². The van der Waals surface area contributed by atoms with Crippen molar-refractivity contribution in [3.8, 4) is 11.3 Å². The molecule has 110 valence electrons. The standard InChI is InChI=1S/C16H20N4O/c1-11-3-5-13(6-4-11)14-9-15(19-18-14)16(21)20-8-7-17-12(2)10-20/h3-6,9,12,17H,7-8,10H2,1-2H3,(H,18,19). The van der Waals surface area contributed by atoms with E-state index in [1.54, 1.807) is 0 Å². The van der Waals surface area contributed by atoms with E-state index in [9.17, 15) is 4.79 Å². The van der Waals surface area contributed by atoms with Gasteiger partial charge in [0.15, 0.2) is 0 Å². The van der Waals surface area contributed by atoms with Gasteiger partial charge in [-0.1, -0.05) is 29.8 Å². The Balaban J connectivity index is 1.78. The summed E-state index contributed by atoms with van der Waals surface area (Å²) in [5.41, 5.74) is 3.59. The molecule has 1 aliphatic rings. The molecule has 1 aromatic carbocycles. The number of aryl methyl sites for hydroxylation is 1. The molecular weight excluding hydrogens is 264 g/mol. The predicted molar refractivity (Wildman–Crippen MR) is 82.1 cm³/mol. The van der Waals surface area contributed by atoms with Crippen LogP contribution in [-0.2, 0) is 0 Å². The smallest absolute Gasteiger partial charge is 0.271 e. The summed E-state index contributed by atoms with van der Waals surface area (Å²) in [6.45, 7) is 6.45. The first-order valence-corrected chi connectivity index (χ1v) is 7.28. The second-order valence-electron chi connectivity index (χ2n) is 5.64. The van der Waals surface area contributed by atoms with E-state index < -0.39 is 0 Å². The molecule has 5 heteroatoms. The van der Waals surface area contributed by atoms with Crippen LogP contribution in [0, 0.1) is 6.92 Å². The van der Waals surface area contributed by atoms with E-state index in [4.69, 9.17) is 0 Å². The van der Waals surface area contributed by atoms with Crippen LogP contribution in [-0.4, -0.2) is 46.7 Å². The highest BCUT2D eigenvalue weighted by molar-refractivity contribution is 5.93. The Morgan fingerprint density at radius 3 is 2.81 bits per heavy atom. The molecular formula is C16H20N4O. The first kappa shape index (κ1) is 13.8. The fraction of sp³-hybridized carbons (Fsp3) is 0.375. The van der Waals surface area contributed by atoms with Gasteiger partial charge in [0.25, 0.3) is 5.91 Å². The monoisotopic (exact) mass is 284 g/mol. The number of nitrogens with one attached hydrogen (secondary N) is 2. The molecule has 0 aliphatic carbocycles. The minimum Gasteiger partial charge on any atom is -0.335 e. The van der Waals surface area contributed by atoms with E-state index in [1.165, 1.54) is 5.56 Å². The van der Waals surface area contributed by atoms with Crippen LogP contribution in [0.2, 0.25) is 0 Å². The topological polar surface area (TPSA) is 61.0 Å². The third-order valence-electron chi connectivity index (χ3n) is 3.81. The highest BCUT2D eigenvalue weighted by Crippen LogP contribution is 2.19. The molecule has 1 unspecified atom stereocenters. The average molecular weight is 284 g/mol. The van der Waals surface area contributed by atoms with Gasteiger partial charge in [0.05, 0.1) is 5.69 Å². The van der Waals surface area contributed by atoms with E-state index >= 15 is 0 Å². The van der Waals surface area contributed by atoms with Crippen molar-refractivity contribution in [3.63, 3.8) is 0 Å². The maximum absolute atomic E-state index is 12.5. The molecule has 1 amide bonds. The lowest BCUT2D eigenvalue weighted by Gasteiger charge is -2.31. The van der Waals surface area contributed by atoms with Crippen molar-refractivity contribution >= 4 is 5.91 Å². The van der Waals surface area contributed by atoms with Crippen LogP contribution in [0.5, 0.6) is 0 Å². The van der Waals surface area contributed by atoms with Crippen LogP contribution < -0.4 is 5.32 Å². The predicted octanol–water partition coefficient (Wildman–Crippen LogP) is 1.82. The molecule has 2 aromatic rings. The molecule has 21 heavy (non-hydrogen) atoms. The molecule has 1 aliphatic heterocycles. The number of piperazine rings is 1. The zero-order chi connectivity index (χ0) is 14.8. The Labute approximate surface area is 124 Å². The highest BCUT2D eigenvalue weighted by Gasteiger charge is 2.23. The first-order chi connectivity index (χ1) is 10.1. The number of hydrogen-bond donors (Lipinski definition) is 2. The number of amides is 1. The average Bonchev–Trinajstić information content (AvgIpc) is 2.97. The number of carbonyl (C=O) groups is 1. The van der Waals surface area contributed by atoms with E-state index in [-0.39, 0.29) is 5.91 Å². The van der Waals surface area contributed by atoms with Crippen LogP contribution in [0.15, 0.2) is 30.3 Å². The van der Waals surface area contributed by atoms with E-state index in [2.05, 4.69) is 29.4 Å². The number of H-pyrrole nitrogens is 1. The summed E-state index contributed by atoms with van der Waals surface area (Å²) < 4.78 is 0. The summed E-state index contributed by atoms with van der Waals surface area (Å²) in [5, 5.41) is 10.5. The Morgan fingerprint density at radius 2 is 2.10 bits per heavy atom. The molecule has 1 atom stereocenters. The fourth-order valence-corrected chi connectivity index (χ4v) is 2.59. The zero-order valence-electron chi connectivity index (χ0n) is 12.4. The van der Waals surface area contributed by atoms with Crippen LogP contribution in [0.4, 0.5) is 0 Å². The van der Waals surface area contributed by atoms with Gasteiger partial charge in [-0.3, -0.25) is 9.89 Å². The minimum absolute atomic E-state index is 0.0224. The van der Waals surface area contributed by atoms with Gasteiger partial charge >= 0.3 is 0 Å². The van der Waals surface area contributed by atoms with Gasteiger partial charge in [-0.15, -0.1) is 0 Å². The van der Waals surface area contributed by atoms with Crippen molar-refractivity contribution in [2.45, 2.75) is 19.9 Å². The van der Waals surface area contributed by atoms with Gasteiger partial charge in [0.1, 0.15) is 5.69 Å². The fourth-order valence-electron chi connectivity index (χ4n) is 2.59. The van der Waals surface area contributed by atoms with Crippen molar-refractivity contribution in [1.29, 1.82) is 0 Å². The molecule has 0 radical (unpaired) electrons. The Hall–Kier alpha value is -2.14. The van der Waals surface area contributed by atoms with E-state index in [1.807, 2.05) is 35.2 Å². The third kappa shape index (κ3) is 2.97. The van der Waals surface area contributed by atoms with Gasteiger partial charge in [-0.05, 0) is 19.9 Å². The van der Waals surface area contributed by atoms with Crippen LogP contribution in [0.3, 0.4) is 0 Å². The molecule has 1 saturated heterocycles. The Bertz CT molecular complexity index is 632. The molecule has 3 rings (SSSR count). The molecule has 1 fully saturated rings. The van der Waals surface area contributed by atoms with Crippen molar-refractivity contribution in [3.05, 3.63) is 41.6 Å². The van der Waals surface area contributed by atoms with Crippen LogP contribution in [0.1, 0.15) is 23.0 Å². The second kappa shape index (κ2) is 5.69. The third-order valence-corrected chi connectivity index (χ3v) is 3.81. The summed E-state index contributed by atoms with van der Waals surface area (Å²) in [6.07, 6.45) is 0. The minimum atomic E-state index is 0.0224. The molecule has 0 spiro atoms. The Kier molecular flexibility index (Phi) is 3.75. The number of rotatable bonds is 2. The van der Waals surface area contributed by atoms with Crippen molar-refractivity contribution in [1.82, 2.24) is 20.4 Å². The van der Waals surface area contributed by atoms with Gasteiger partial charge in [-0.25, -0.2) is 0 Å². The quantitative estimate of drug-likeness (QED) is 0.884. The molecule has 1 aromatic heterocycles. The summed E-state index contributed by atoms with van der Waals surface area (Å²) in [5.74, 6) is 0.0224. The number of hydrogen-bond acceptors (Lipinski definition) is 3. The SMILES string of the molecule is Cc1ccc(-c2cc(C(=O)N3CCNC(C)C3)[nH]n2)cc1. The van der Waals surface area contributed by atoms with Crippen LogP contribution >= 0.6 is 0 Å². The summed E-state index contributed by atoms with van der Waals surface area (Å²) in [4.78, 5) is 14.3. The molecule has 2 N–H and O–H groups in total. The lowest BCUT2D eigenvalue weighted by Crippen LogP contribution is -2.51. The summed E-state index contributed by atoms with van der Waals surface area (Å²) >= 11 is 0. The molecule has 5 nitrogen and oxygen atoms in total. The number of aromatic nitrogens is 2. The Morgan fingerprint density at radius 1 is 1.33 bits per heavy atom. The van der Waals surface area contributed by atoms with Crippen molar-refractivity contribution in [2.24, 2.45) is 0 Å². The number of benzene rings is 1. The summed E-state index contributed by atoms with van der Waals surface area (Å²) in [7, 11) is 0. The number of aromatic amines is 1. The van der Waals surface area contributed by atoms with Crippen molar-refractivity contribution in [2.75, 3.05) is 19.6 Å². The van der Waals surface area contributed by atoms with Gasteiger partial charge in [-0.2, -0.15) is 5.10 Å². The van der Waals surface area contributed by atoms with Crippen LogP contribution in [0.25, 0.3) is 11.3 Å². The molecule has 2 heterocycles. The van der Waals surface area contributed by atoms with E-state index in [0.717, 1.165) is 30.9 Å². The largest absolute Gasteiger partial charge is 0.335 e. The van der Waals surface area contributed by atoms with Gasteiger partial charge in [0.2, 0.25) is 0 Å². The lowest BCUT2D eigenvalue weighted by atomic mass is 10.1. The number of carbonyl (C=O) groups excluding carboxylic acids is 1. The maximum atomic E-state index is 12.5. The van der Waals surface area contributed by atoms with Gasteiger partial charge < -0.3 is 10.2 Å². The molecule has 0 bridgehead atoms. The second-order valence-corrected chi connectivity index (χ2v) is 5.64. The maximum Gasteiger partial charge on any atom is 0.271 e. The van der Waals surface area contributed by atoms with Crippen molar-refractivity contribution < 1.29 is 4.79 Å².